The first-order valence-electron chi connectivity index (χ1n) is 2.98. The van der Waals surface area contributed by atoms with Crippen LogP contribution in [0.15, 0.2) is 12.3 Å². The van der Waals surface area contributed by atoms with Gasteiger partial charge in [0.2, 0.25) is 5.91 Å². The van der Waals surface area contributed by atoms with Gasteiger partial charge in [0.1, 0.15) is 0 Å². The van der Waals surface area contributed by atoms with Gasteiger partial charge < -0.3 is 9.80 Å². The van der Waals surface area contributed by atoms with Gasteiger partial charge in [-0.25, -0.2) is 0 Å². The van der Waals surface area contributed by atoms with Gasteiger partial charge in [0.05, 0.1) is 6.54 Å². The SMILES string of the molecule is C=C1CN1[CH2-].[CH2-]N1CC1=O.[Y]. The Morgan fingerprint density at radius 3 is 1.45 bits per heavy atom. The molecule has 0 aromatic heterocycles. The van der Waals surface area contributed by atoms with Crippen LogP contribution in [0.4, 0.5) is 0 Å². The second kappa shape index (κ2) is 4.22. The summed E-state index contributed by atoms with van der Waals surface area (Å²) < 4.78 is 0. The summed E-state index contributed by atoms with van der Waals surface area (Å²) in [6.07, 6.45) is 0. The van der Waals surface area contributed by atoms with Crippen molar-refractivity contribution in [3.8, 4) is 0 Å². The molecule has 0 aliphatic carbocycles. The maximum absolute atomic E-state index is 9.75. The summed E-state index contributed by atoms with van der Waals surface area (Å²) in [5.74, 6) is 0.144. The van der Waals surface area contributed by atoms with E-state index in [1.54, 1.807) is 0 Å². The molecule has 2 heterocycles. The molecule has 4 heteroatoms. The fourth-order valence-electron chi connectivity index (χ4n) is 0.313. The van der Waals surface area contributed by atoms with Crippen LogP contribution in [0, 0.1) is 14.1 Å². The van der Waals surface area contributed by atoms with Crippen LogP contribution in [0.25, 0.3) is 0 Å². The van der Waals surface area contributed by atoms with Gasteiger partial charge in [0.25, 0.3) is 0 Å². The summed E-state index contributed by atoms with van der Waals surface area (Å²) in [6, 6.07) is 0. The van der Waals surface area contributed by atoms with Gasteiger partial charge >= 0.3 is 0 Å². The fourth-order valence-corrected chi connectivity index (χ4v) is 0.313. The van der Waals surface area contributed by atoms with Crippen molar-refractivity contribution in [1.82, 2.24) is 9.80 Å². The molecule has 0 N–H and O–H groups in total. The van der Waals surface area contributed by atoms with Gasteiger partial charge in [-0.2, -0.15) is 0 Å². The standard InChI is InChI=1S/C4H6N.C3H4NO.Y/c1-4-3-5(4)2;1-4-2-3(4)5;/h1-3H2;1-2H2;/q2*-1;. The van der Waals surface area contributed by atoms with E-state index in [1.807, 2.05) is 4.90 Å². The van der Waals surface area contributed by atoms with Crippen LogP contribution < -0.4 is 0 Å². The molecule has 3 nitrogen and oxygen atoms in total. The second-order valence-electron chi connectivity index (χ2n) is 2.36. The zero-order valence-corrected chi connectivity index (χ0v) is 9.25. The zero-order valence-electron chi connectivity index (χ0n) is 6.42. The van der Waals surface area contributed by atoms with Crippen LogP contribution in [0.1, 0.15) is 0 Å². The van der Waals surface area contributed by atoms with E-state index in [-0.39, 0.29) is 38.6 Å². The smallest absolute Gasteiger partial charge is 0.210 e. The molecule has 2 aliphatic heterocycles. The van der Waals surface area contributed by atoms with Crippen LogP contribution in [-0.4, -0.2) is 28.8 Å². The van der Waals surface area contributed by atoms with E-state index in [9.17, 15) is 4.79 Å². The van der Waals surface area contributed by atoms with Gasteiger partial charge in [-0.15, -0.1) is 0 Å². The summed E-state index contributed by atoms with van der Waals surface area (Å²) in [4.78, 5) is 13.0. The number of hydrogen-bond donors (Lipinski definition) is 0. The molecule has 2 saturated heterocycles. The predicted octanol–water partition coefficient (Wildman–Crippen LogP) is 0.225. The van der Waals surface area contributed by atoms with Crippen molar-refractivity contribution in [2.45, 2.75) is 0 Å². The largest absolute Gasteiger partial charge is 0.523 e. The van der Waals surface area contributed by atoms with Crippen molar-refractivity contribution in [2.24, 2.45) is 0 Å². The zero-order chi connectivity index (χ0) is 7.72. The Morgan fingerprint density at radius 1 is 1.27 bits per heavy atom. The maximum atomic E-state index is 9.75. The Balaban J connectivity index is 0.000000167. The molecule has 0 unspecified atom stereocenters. The predicted molar refractivity (Wildman–Crippen MR) is 38.3 cm³/mol. The van der Waals surface area contributed by atoms with E-state index in [0.29, 0.717) is 6.54 Å². The maximum Gasteiger partial charge on any atom is 0.210 e. The number of amides is 1. The minimum atomic E-state index is 0. The Bertz CT molecular complexity index is 161. The minimum absolute atomic E-state index is 0. The van der Waals surface area contributed by atoms with E-state index in [0.717, 1.165) is 12.2 Å². The first-order chi connectivity index (χ1) is 4.61. The second-order valence-corrected chi connectivity index (χ2v) is 2.36. The molecule has 1 amide bonds. The van der Waals surface area contributed by atoms with Crippen molar-refractivity contribution < 1.29 is 37.5 Å². The molecule has 11 heavy (non-hydrogen) atoms. The number of nitrogens with zero attached hydrogens (tertiary/aromatic N) is 2. The molecule has 0 saturated carbocycles. The molecule has 59 valence electrons. The monoisotopic (exact) mass is 227 g/mol. The molecule has 2 fully saturated rings. The number of carbonyl (C=O) groups is 1. The summed E-state index contributed by atoms with van der Waals surface area (Å²) in [6.45, 7) is 5.17. The molecule has 2 aliphatic rings. The Kier molecular flexibility index (Phi) is 4.26. The third-order valence-corrected chi connectivity index (χ3v) is 1.29. The van der Waals surface area contributed by atoms with Gasteiger partial charge in [-0.1, -0.05) is 6.58 Å². The summed E-state index contributed by atoms with van der Waals surface area (Å²) in [5.41, 5.74) is 1.14. The van der Waals surface area contributed by atoms with E-state index in [1.165, 1.54) is 4.90 Å². The van der Waals surface area contributed by atoms with E-state index >= 15 is 0 Å². The summed E-state index contributed by atoms with van der Waals surface area (Å²) in [7, 11) is 6.88. The van der Waals surface area contributed by atoms with Crippen LogP contribution in [0.3, 0.4) is 0 Å². The van der Waals surface area contributed by atoms with Gasteiger partial charge in [-0.05, 0) is 5.70 Å². The molecule has 0 aromatic rings. The Morgan fingerprint density at radius 2 is 1.45 bits per heavy atom. The van der Waals surface area contributed by atoms with Gasteiger partial charge in [0.15, 0.2) is 0 Å². The molecule has 0 atom stereocenters. The normalized spacial score (nSPS) is 18.4. The van der Waals surface area contributed by atoms with Crippen molar-refractivity contribution in [3.63, 3.8) is 0 Å². The first-order valence-corrected chi connectivity index (χ1v) is 2.98. The number of rotatable bonds is 0. The van der Waals surface area contributed by atoms with Crippen molar-refractivity contribution in [1.29, 1.82) is 0 Å². The quantitative estimate of drug-likeness (QED) is 0.436. The molecule has 0 aromatic carbocycles. The minimum Gasteiger partial charge on any atom is -0.523 e. The Hall–Kier alpha value is 0.114. The molecule has 1 radical (unpaired) electrons. The third-order valence-electron chi connectivity index (χ3n) is 1.29. The molecule has 2 rings (SSSR count). The average Bonchev–Trinajstić information content (AvgIpc) is 2.62. The van der Waals surface area contributed by atoms with Crippen LogP contribution in [-0.2, 0) is 37.5 Å². The van der Waals surface area contributed by atoms with Crippen LogP contribution >= 0.6 is 0 Å². The molecule has 0 bridgehead atoms. The van der Waals surface area contributed by atoms with Crippen LogP contribution in [0.2, 0.25) is 0 Å². The molecular weight excluding hydrogens is 217 g/mol. The van der Waals surface area contributed by atoms with E-state index < -0.39 is 0 Å². The average molecular weight is 227 g/mol. The topological polar surface area (TPSA) is 23.1 Å². The van der Waals surface area contributed by atoms with E-state index in [2.05, 4.69) is 20.7 Å². The molecular formula is C7H10N2OY-2. The van der Waals surface area contributed by atoms with Crippen molar-refractivity contribution >= 4 is 5.91 Å². The summed E-state index contributed by atoms with van der Waals surface area (Å²) >= 11 is 0. The van der Waals surface area contributed by atoms with Crippen molar-refractivity contribution in [3.05, 3.63) is 26.4 Å². The van der Waals surface area contributed by atoms with Gasteiger partial charge in [-0.3, -0.25) is 18.9 Å². The van der Waals surface area contributed by atoms with E-state index in [4.69, 9.17) is 0 Å². The van der Waals surface area contributed by atoms with Crippen LogP contribution in [0.5, 0.6) is 0 Å². The number of hydrogen-bond acceptors (Lipinski definition) is 2. The van der Waals surface area contributed by atoms with Gasteiger partial charge in [0, 0.05) is 39.3 Å². The first kappa shape index (κ1) is 11.1. The summed E-state index contributed by atoms with van der Waals surface area (Å²) in [5, 5.41) is 0. The Labute approximate surface area is 92.3 Å². The molecule has 0 spiro atoms. The fraction of sp³-hybridized carbons (Fsp3) is 0.286. The van der Waals surface area contributed by atoms with Crippen molar-refractivity contribution in [2.75, 3.05) is 13.1 Å². The number of carbonyl (C=O) groups excluding carboxylic acids is 1. The third kappa shape index (κ3) is 4.54.